The molecule has 2 fully saturated rings. The molecule has 0 saturated carbocycles. The summed E-state index contributed by atoms with van der Waals surface area (Å²) in [4.78, 5) is 14.7. The third-order valence-corrected chi connectivity index (χ3v) is 5.10. The lowest BCUT2D eigenvalue weighted by atomic mass is 10.0. The number of amides is 2. The van der Waals surface area contributed by atoms with Gasteiger partial charge >= 0.3 is 6.03 Å². The van der Waals surface area contributed by atoms with Gasteiger partial charge in [-0.1, -0.05) is 12.1 Å². The summed E-state index contributed by atoms with van der Waals surface area (Å²) in [7, 11) is 0. The third-order valence-electron chi connectivity index (χ3n) is 5.10. The number of anilines is 1. The number of rotatable bonds is 4. The zero-order valence-corrected chi connectivity index (χ0v) is 16.1. The molecule has 2 heterocycles. The van der Waals surface area contributed by atoms with Crippen LogP contribution in [0.5, 0.6) is 11.5 Å². The van der Waals surface area contributed by atoms with Gasteiger partial charge in [-0.15, -0.1) is 0 Å². The molecule has 6 heteroatoms. The highest BCUT2D eigenvalue weighted by molar-refractivity contribution is 5.89. The molecule has 0 aliphatic carbocycles. The van der Waals surface area contributed by atoms with Gasteiger partial charge in [0.1, 0.15) is 11.5 Å². The van der Waals surface area contributed by atoms with Gasteiger partial charge in [-0.05, 0) is 68.1 Å². The van der Waals surface area contributed by atoms with Crippen molar-refractivity contribution in [2.75, 3.05) is 25.1 Å². The monoisotopic (exact) mass is 382 g/mol. The zero-order chi connectivity index (χ0) is 19.3. The summed E-state index contributed by atoms with van der Waals surface area (Å²) in [6, 6.07) is 15.2. The van der Waals surface area contributed by atoms with Crippen LogP contribution in [-0.2, 0) is 9.47 Å². The summed E-state index contributed by atoms with van der Waals surface area (Å²) in [6.45, 7) is 3.94. The van der Waals surface area contributed by atoms with Crippen LogP contribution in [0.15, 0.2) is 48.5 Å². The Morgan fingerprint density at radius 2 is 1.86 bits per heavy atom. The maximum atomic E-state index is 12.8. The fourth-order valence-electron chi connectivity index (χ4n) is 3.71. The van der Waals surface area contributed by atoms with Crippen LogP contribution in [0.1, 0.15) is 24.8 Å². The van der Waals surface area contributed by atoms with Gasteiger partial charge in [-0.3, -0.25) is 0 Å². The van der Waals surface area contributed by atoms with Crippen LogP contribution in [-0.4, -0.2) is 43.0 Å². The molecule has 6 nitrogen and oxygen atoms in total. The Balaban J connectivity index is 1.38. The van der Waals surface area contributed by atoms with Gasteiger partial charge in [-0.2, -0.15) is 0 Å². The lowest BCUT2D eigenvalue weighted by Crippen LogP contribution is -2.51. The first-order valence-electron chi connectivity index (χ1n) is 9.84. The van der Waals surface area contributed by atoms with Gasteiger partial charge in [0, 0.05) is 12.2 Å². The summed E-state index contributed by atoms with van der Waals surface area (Å²) < 4.78 is 17.2. The second kappa shape index (κ2) is 8.63. The number of piperidine rings is 1. The fraction of sp³-hybridized carbons (Fsp3) is 0.409. The molecule has 0 bridgehead atoms. The Kier molecular flexibility index (Phi) is 5.78. The number of ether oxygens (including phenoxy) is 3. The van der Waals surface area contributed by atoms with Gasteiger partial charge in [0.2, 0.25) is 0 Å². The highest BCUT2D eigenvalue weighted by Gasteiger charge is 2.36. The number of benzene rings is 2. The number of carbonyl (C=O) groups is 1. The van der Waals surface area contributed by atoms with E-state index >= 15 is 0 Å². The molecule has 148 valence electrons. The molecule has 2 amide bonds. The van der Waals surface area contributed by atoms with Crippen LogP contribution in [0.3, 0.4) is 0 Å². The molecular weight excluding hydrogens is 356 g/mol. The molecular formula is C22H26N2O4. The quantitative estimate of drug-likeness (QED) is 0.843. The average molecular weight is 382 g/mol. The predicted octanol–water partition coefficient (Wildman–Crippen LogP) is 4.55. The smallest absolute Gasteiger partial charge is 0.322 e. The van der Waals surface area contributed by atoms with Crippen molar-refractivity contribution in [3.05, 3.63) is 54.1 Å². The van der Waals surface area contributed by atoms with Crippen molar-refractivity contribution in [2.24, 2.45) is 0 Å². The lowest BCUT2D eigenvalue weighted by Gasteiger charge is -2.37. The second-order valence-electron chi connectivity index (χ2n) is 7.24. The molecule has 4 rings (SSSR count). The van der Waals surface area contributed by atoms with Crippen molar-refractivity contribution in [3.63, 3.8) is 0 Å². The molecule has 2 aliphatic heterocycles. The van der Waals surface area contributed by atoms with E-state index in [0.29, 0.717) is 19.8 Å². The Labute approximate surface area is 165 Å². The van der Waals surface area contributed by atoms with E-state index < -0.39 is 0 Å². The SMILES string of the molecule is Cc1cccc(Oc2ccc(NC(=O)N3CCCCC3C3OCCO3)cc2)c1. The summed E-state index contributed by atoms with van der Waals surface area (Å²) in [5.74, 6) is 1.52. The van der Waals surface area contributed by atoms with Gasteiger partial charge in [0.15, 0.2) is 6.29 Å². The molecule has 0 aromatic heterocycles. The first-order chi connectivity index (χ1) is 13.7. The maximum absolute atomic E-state index is 12.8. The van der Waals surface area contributed by atoms with E-state index in [4.69, 9.17) is 14.2 Å². The largest absolute Gasteiger partial charge is 0.457 e. The van der Waals surface area contributed by atoms with Gasteiger partial charge < -0.3 is 24.4 Å². The normalized spacial score (nSPS) is 20.2. The van der Waals surface area contributed by atoms with Crippen LogP contribution in [0.4, 0.5) is 10.5 Å². The molecule has 1 unspecified atom stereocenters. The standard InChI is InChI=1S/C22H26N2O4/c1-16-5-4-6-19(15-16)28-18-10-8-17(9-11-18)23-22(25)24-12-3-2-7-20(24)21-26-13-14-27-21/h4-6,8-11,15,20-21H,2-3,7,12-14H2,1H3,(H,23,25). The average Bonchev–Trinajstić information content (AvgIpc) is 3.24. The number of nitrogens with one attached hydrogen (secondary N) is 1. The van der Waals surface area contributed by atoms with Crippen LogP contribution in [0.2, 0.25) is 0 Å². The van der Waals surface area contributed by atoms with Crippen molar-refractivity contribution in [1.82, 2.24) is 4.90 Å². The van der Waals surface area contributed by atoms with E-state index in [1.807, 2.05) is 60.4 Å². The maximum Gasteiger partial charge on any atom is 0.322 e. The van der Waals surface area contributed by atoms with Crippen LogP contribution < -0.4 is 10.1 Å². The number of hydrogen-bond acceptors (Lipinski definition) is 4. The van der Waals surface area contributed by atoms with Crippen LogP contribution >= 0.6 is 0 Å². The number of aryl methyl sites for hydroxylation is 1. The summed E-state index contributed by atoms with van der Waals surface area (Å²) in [6.07, 6.45) is 2.68. The number of hydrogen-bond donors (Lipinski definition) is 1. The lowest BCUT2D eigenvalue weighted by molar-refractivity contribution is -0.0973. The van der Waals surface area contributed by atoms with Crippen molar-refractivity contribution in [2.45, 2.75) is 38.5 Å². The van der Waals surface area contributed by atoms with E-state index in [2.05, 4.69) is 5.32 Å². The molecule has 0 radical (unpaired) electrons. The molecule has 0 spiro atoms. The number of likely N-dealkylation sites (tertiary alicyclic amines) is 1. The minimum absolute atomic E-state index is 0.0276. The minimum atomic E-state index is -0.309. The molecule has 1 N–H and O–H groups in total. The highest BCUT2D eigenvalue weighted by atomic mass is 16.7. The minimum Gasteiger partial charge on any atom is -0.457 e. The van der Waals surface area contributed by atoms with E-state index in [0.717, 1.165) is 42.0 Å². The summed E-state index contributed by atoms with van der Waals surface area (Å²) in [5, 5.41) is 2.99. The van der Waals surface area contributed by atoms with E-state index in [-0.39, 0.29) is 18.4 Å². The van der Waals surface area contributed by atoms with Crippen molar-refractivity contribution in [3.8, 4) is 11.5 Å². The van der Waals surface area contributed by atoms with Crippen LogP contribution in [0.25, 0.3) is 0 Å². The Bertz CT molecular complexity index is 802. The van der Waals surface area contributed by atoms with Crippen LogP contribution in [0, 0.1) is 6.92 Å². The van der Waals surface area contributed by atoms with Crippen molar-refractivity contribution in [1.29, 1.82) is 0 Å². The zero-order valence-electron chi connectivity index (χ0n) is 16.1. The van der Waals surface area contributed by atoms with Gasteiger partial charge in [-0.25, -0.2) is 4.79 Å². The topological polar surface area (TPSA) is 60.0 Å². The Morgan fingerprint density at radius 1 is 1.07 bits per heavy atom. The van der Waals surface area contributed by atoms with Gasteiger partial charge in [0.05, 0.1) is 19.3 Å². The Hall–Kier alpha value is -2.57. The summed E-state index contributed by atoms with van der Waals surface area (Å²) >= 11 is 0. The van der Waals surface area contributed by atoms with E-state index in [9.17, 15) is 4.79 Å². The first kappa shape index (κ1) is 18.8. The molecule has 2 aromatic rings. The number of urea groups is 1. The fourth-order valence-corrected chi connectivity index (χ4v) is 3.71. The molecule has 2 aliphatic rings. The second-order valence-corrected chi connectivity index (χ2v) is 7.24. The summed E-state index contributed by atoms with van der Waals surface area (Å²) in [5.41, 5.74) is 1.88. The molecule has 2 aromatic carbocycles. The molecule has 2 saturated heterocycles. The highest BCUT2D eigenvalue weighted by Crippen LogP contribution is 2.27. The molecule has 1 atom stereocenters. The van der Waals surface area contributed by atoms with Crippen molar-refractivity contribution >= 4 is 11.7 Å². The van der Waals surface area contributed by atoms with E-state index in [1.54, 1.807) is 0 Å². The predicted molar refractivity (Wildman–Crippen MR) is 107 cm³/mol. The van der Waals surface area contributed by atoms with Crippen molar-refractivity contribution < 1.29 is 19.0 Å². The number of nitrogens with zero attached hydrogens (tertiary/aromatic N) is 1. The van der Waals surface area contributed by atoms with Gasteiger partial charge in [0.25, 0.3) is 0 Å². The molecule has 28 heavy (non-hydrogen) atoms. The Morgan fingerprint density at radius 3 is 2.61 bits per heavy atom. The third kappa shape index (κ3) is 4.46. The number of carbonyl (C=O) groups excluding carboxylic acids is 1. The first-order valence-corrected chi connectivity index (χ1v) is 9.84. The van der Waals surface area contributed by atoms with E-state index in [1.165, 1.54) is 0 Å².